The molecule has 26 heavy (non-hydrogen) atoms. The van der Waals surface area contributed by atoms with Crippen molar-refractivity contribution in [2.24, 2.45) is 0 Å². The van der Waals surface area contributed by atoms with Crippen molar-refractivity contribution in [3.63, 3.8) is 0 Å². The zero-order valence-electron chi connectivity index (χ0n) is 13.5. The molecule has 1 aliphatic rings. The van der Waals surface area contributed by atoms with E-state index in [2.05, 4.69) is 15.2 Å². The lowest BCUT2D eigenvalue weighted by molar-refractivity contribution is -0.120. The minimum atomic E-state index is -4.50. The second-order valence-electron chi connectivity index (χ2n) is 4.67. The van der Waals surface area contributed by atoms with Gasteiger partial charge in [-0.25, -0.2) is 9.36 Å². The van der Waals surface area contributed by atoms with Gasteiger partial charge < -0.3 is 35.5 Å². The Morgan fingerprint density at radius 2 is 1.69 bits per heavy atom. The van der Waals surface area contributed by atoms with E-state index in [-0.39, 0.29) is 23.4 Å². The number of nitrogens with one attached hydrogen (secondary N) is 2. The van der Waals surface area contributed by atoms with Crippen molar-refractivity contribution < 1.29 is 48.9 Å². The maximum absolute atomic E-state index is 10.3. The average molecular weight is 396 g/mol. The van der Waals surface area contributed by atoms with E-state index in [1.54, 1.807) is 12.1 Å². The molecule has 1 saturated heterocycles. The summed E-state index contributed by atoms with van der Waals surface area (Å²) in [5.41, 5.74) is 0. The summed E-state index contributed by atoms with van der Waals surface area (Å²) in [4.78, 5) is 36.6. The Kier molecular flexibility index (Phi) is 11.2. The third-order valence-corrected chi connectivity index (χ3v) is 2.90. The maximum Gasteiger partial charge on any atom is 0.469 e. The van der Waals surface area contributed by atoms with Crippen LogP contribution in [0.5, 0.6) is 11.5 Å². The predicted octanol–water partition coefficient (Wildman–Crippen LogP) is -1.24. The van der Waals surface area contributed by atoms with E-state index < -0.39 is 27.1 Å². The Morgan fingerprint density at radius 1 is 1.15 bits per heavy atom. The molecule has 0 aromatic heterocycles. The van der Waals surface area contributed by atoms with Gasteiger partial charge in [0, 0.05) is 13.0 Å². The molecule has 0 radical (unpaired) electrons. The van der Waals surface area contributed by atoms with Gasteiger partial charge in [0.15, 0.2) is 11.5 Å². The van der Waals surface area contributed by atoms with Gasteiger partial charge in [0.25, 0.3) is 0 Å². The summed E-state index contributed by atoms with van der Waals surface area (Å²) in [6.07, 6.45) is -0.848. The zero-order chi connectivity index (χ0) is 20.2. The number of hydrogen-bond donors (Lipinski definition) is 8. The van der Waals surface area contributed by atoms with E-state index in [1.807, 2.05) is 0 Å². The second kappa shape index (κ2) is 12.2. The molecule has 148 valence electrons. The molecule has 0 spiro atoms. The fourth-order valence-electron chi connectivity index (χ4n) is 1.22. The van der Waals surface area contributed by atoms with Crippen molar-refractivity contribution in [2.45, 2.75) is 12.5 Å². The van der Waals surface area contributed by atoms with Crippen LogP contribution in [0.25, 0.3) is 0 Å². The van der Waals surface area contributed by atoms with E-state index in [9.17, 15) is 14.2 Å². The predicted molar refractivity (Wildman–Crippen MR) is 87.0 cm³/mol. The van der Waals surface area contributed by atoms with Crippen LogP contribution in [0.4, 0.5) is 4.79 Å². The monoisotopic (exact) mass is 396 g/mol. The third-order valence-electron chi connectivity index (χ3n) is 2.42. The molecule has 1 unspecified atom stereocenters. The Hall–Kier alpha value is -2.21. The van der Waals surface area contributed by atoms with Gasteiger partial charge in [-0.2, -0.15) is 0 Å². The van der Waals surface area contributed by atoms with E-state index >= 15 is 0 Å². The van der Waals surface area contributed by atoms with Crippen LogP contribution < -0.4 is 10.6 Å². The molecule has 3 amide bonds. The number of amides is 3. The SMILES string of the molecule is O=C1CCNC(=O)N1.O=P(O)(O)OCC(O)CO.Oc1ccccc1O. The van der Waals surface area contributed by atoms with Gasteiger partial charge >= 0.3 is 13.9 Å². The minimum Gasteiger partial charge on any atom is -0.504 e. The highest BCUT2D eigenvalue weighted by atomic mass is 31.2. The number of carbonyl (C=O) groups is 2. The number of aliphatic hydroxyl groups excluding tert-OH is 2. The first-order valence-corrected chi connectivity index (χ1v) is 8.61. The molecule has 8 N–H and O–H groups in total. The average Bonchev–Trinajstić information content (AvgIpc) is 2.56. The van der Waals surface area contributed by atoms with Crippen LogP contribution in [-0.4, -0.2) is 68.0 Å². The van der Waals surface area contributed by atoms with E-state index in [4.69, 9.17) is 30.2 Å². The lowest BCUT2D eigenvalue weighted by atomic mass is 10.3. The Morgan fingerprint density at radius 3 is 2.00 bits per heavy atom. The fourth-order valence-corrected chi connectivity index (χ4v) is 1.59. The Balaban J connectivity index is 0.000000363. The molecule has 1 fully saturated rings. The van der Waals surface area contributed by atoms with Crippen molar-refractivity contribution in [2.75, 3.05) is 19.8 Å². The lowest BCUT2D eigenvalue weighted by Gasteiger charge is -2.10. The number of rotatable bonds is 4. The quantitative estimate of drug-likeness (QED) is 0.224. The fraction of sp³-hybridized carbons (Fsp3) is 0.385. The number of phosphoric ester groups is 1. The summed E-state index contributed by atoms with van der Waals surface area (Å²) in [6.45, 7) is -0.689. The number of aliphatic hydroxyl groups is 2. The largest absolute Gasteiger partial charge is 0.504 e. The number of carbonyl (C=O) groups excluding carboxylic acids is 2. The van der Waals surface area contributed by atoms with Crippen LogP contribution in [0.2, 0.25) is 0 Å². The van der Waals surface area contributed by atoms with Crippen LogP contribution in [-0.2, 0) is 13.9 Å². The van der Waals surface area contributed by atoms with E-state index in [0.717, 1.165) is 0 Å². The van der Waals surface area contributed by atoms with Gasteiger partial charge in [0.1, 0.15) is 6.10 Å². The highest BCUT2D eigenvalue weighted by molar-refractivity contribution is 7.46. The number of para-hydroxylation sites is 2. The summed E-state index contributed by atoms with van der Waals surface area (Å²) >= 11 is 0. The molecule has 13 heteroatoms. The van der Waals surface area contributed by atoms with Crippen LogP contribution in [0.3, 0.4) is 0 Å². The number of phenolic OH excluding ortho intramolecular Hbond substituents is 2. The summed E-state index contributed by atoms with van der Waals surface area (Å²) < 4.78 is 13.8. The summed E-state index contributed by atoms with van der Waals surface area (Å²) in [6, 6.07) is 5.76. The third kappa shape index (κ3) is 13.1. The summed E-state index contributed by atoms with van der Waals surface area (Å²) in [5.74, 6) is -0.353. The van der Waals surface area contributed by atoms with Gasteiger partial charge in [0.2, 0.25) is 5.91 Å². The van der Waals surface area contributed by atoms with Crippen molar-refractivity contribution in [1.82, 2.24) is 10.6 Å². The van der Waals surface area contributed by atoms with Crippen molar-refractivity contribution >= 4 is 19.8 Å². The van der Waals surface area contributed by atoms with Gasteiger partial charge in [-0.1, -0.05) is 12.1 Å². The topological polar surface area (TPSA) is 206 Å². The van der Waals surface area contributed by atoms with Crippen LogP contribution in [0, 0.1) is 0 Å². The normalized spacial score (nSPS) is 14.6. The standard InChI is InChI=1S/C6H6O2.C4H6N2O2.C3H9O6P/c7-5-3-1-2-4-6(5)8;7-3-1-2-5-4(8)6-3;4-1-3(5)2-9-10(6,7)8/h1-4,7-8H;1-2H2,(H2,5,6,7,8);3-5H,1-2H2,(H2,6,7,8). The molecule has 1 aromatic rings. The molecular formula is C13H21N2O10P. The molecule has 0 aliphatic carbocycles. The summed E-state index contributed by atoms with van der Waals surface area (Å²) in [5, 5.41) is 38.5. The molecule has 12 nitrogen and oxygen atoms in total. The van der Waals surface area contributed by atoms with E-state index in [0.29, 0.717) is 13.0 Å². The summed E-state index contributed by atoms with van der Waals surface area (Å²) in [7, 11) is -4.50. The minimum absolute atomic E-state index is 0.0764. The Bertz CT molecular complexity index is 586. The van der Waals surface area contributed by atoms with Gasteiger partial charge in [0.05, 0.1) is 13.2 Å². The van der Waals surface area contributed by atoms with Crippen molar-refractivity contribution in [1.29, 1.82) is 0 Å². The molecule has 1 heterocycles. The van der Waals surface area contributed by atoms with Crippen LogP contribution >= 0.6 is 7.82 Å². The Labute approximate surface area is 148 Å². The second-order valence-corrected chi connectivity index (χ2v) is 5.90. The molecule has 0 bridgehead atoms. The molecule has 1 aliphatic heterocycles. The number of hydrogen-bond acceptors (Lipinski definition) is 8. The number of phenols is 2. The van der Waals surface area contributed by atoms with Gasteiger partial charge in [-0.3, -0.25) is 14.6 Å². The molecule has 1 atom stereocenters. The van der Waals surface area contributed by atoms with Crippen LogP contribution in [0.15, 0.2) is 24.3 Å². The number of phosphoric acid groups is 1. The molecular weight excluding hydrogens is 375 g/mol. The number of imide groups is 1. The number of urea groups is 1. The molecule has 2 rings (SSSR count). The number of benzene rings is 1. The van der Waals surface area contributed by atoms with Crippen molar-refractivity contribution in [3.8, 4) is 11.5 Å². The lowest BCUT2D eigenvalue weighted by Crippen LogP contribution is -2.46. The molecule has 0 saturated carbocycles. The smallest absolute Gasteiger partial charge is 0.469 e. The highest BCUT2D eigenvalue weighted by Crippen LogP contribution is 2.35. The molecule has 1 aromatic carbocycles. The first-order valence-electron chi connectivity index (χ1n) is 7.08. The van der Waals surface area contributed by atoms with Crippen molar-refractivity contribution in [3.05, 3.63) is 24.3 Å². The van der Waals surface area contributed by atoms with Gasteiger partial charge in [-0.05, 0) is 12.1 Å². The van der Waals surface area contributed by atoms with Crippen LogP contribution in [0.1, 0.15) is 6.42 Å². The first kappa shape index (κ1) is 23.8. The van der Waals surface area contributed by atoms with E-state index in [1.165, 1.54) is 12.1 Å². The zero-order valence-corrected chi connectivity index (χ0v) is 14.4. The maximum atomic E-state index is 10.3. The van der Waals surface area contributed by atoms with Gasteiger partial charge in [-0.15, -0.1) is 0 Å². The number of aromatic hydroxyl groups is 2. The highest BCUT2D eigenvalue weighted by Gasteiger charge is 2.15. The first-order chi connectivity index (χ1) is 12.0.